The number of methoxy groups -OCH3 is 1. The Labute approximate surface area is 150 Å². The van der Waals surface area contributed by atoms with Crippen molar-refractivity contribution >= 4 is 34.6 Å². The fraction of sp³-hybridized carbons (Fsp3) is 0.312. The number of nitrogens with zero attached hydrogens (tertiary/aromatic N) is 1. The lowest BCUT2D eigenvalue weighted by atomic mass is 10.1. The lowest BCUT2D eigenvalue weighted by Crippen LogP contribution is -2.49. The molecule has 128 valence electrons. The van der Waals surface area contributed by atoms with Crippen LogP contribution in [-0.2, 0) is 4.74 Å². The van der Waals surface area contributed by atoms with Crippen molar-refractivity contribution in [2.45, 2.75) is 19.9 Å². The first kappa shape index (κ1) is 18.3. The zero-order valence-electron chi connectivity index (χ0n) is 13.8. The van der Waals surface area contributed by atoms with Crippen LogP contribution in [0.25, 0.3) is 11.3 Å². The monoisotopic (exact) mass is 364 g/mol. The third-order valence-electron chi connectivity index (χ3n) is 3.07. The molecule has 0 bridgehead atoms. The quantitative estimate of drug-likeness (QED) is 0.558. The van der Waals surface area contributed by atoms with Crippen molar-refractivity contribution in [1.29, 1.82) is 0 Å². The van der Waals surface area contributed by atoms with E-state index in [1.165, 1.54) is 11.3 Å². The summed E-state index contributed by atoms with van der Waals surface area (Å²) in [6, 6.07) is 9.65. The molecular formula is C16H20N4O2S2. The summed E-state index contributed by atoms with van der Waals surface area (Å²) in [6.45, 7) is 4.32. The Morgan fingerprint density at radius 1 is 1.33 bits per heavy atom. The van der Waals surface area contributed by atoms with Crippen molar-refractivity contribution in [3.63, 3.8) is 0 Å². The molecule has 0 saturated heterocycles. The van der Waals surface area contributed by atoms with E-state index in [9.17, 15) is 4.79 Å². The zero-order chi connectivity index (χ0) is 17.5. The maximum Gasteiger partial charge on any atom is 0.282 e. The van der Waals surface area contributed by atoms with Gasteiger partial charge in [-0.3, -0.25) is 15.6 Å². The molecule has 24 heavy (non-hydrogen) atoms. The molecule has 1 heterocycles. The van der Waals surface area contributed by atoms with Gasteiger partial charge in [0.2, 0.25) is 0 Å². The second-order valence-corrected chi connectivity index (χ2v) is 6.80. The molecule has 3 N–H and O–H groups in total. The normalized spacial score (nSPS) is 11.6. The van der Waals surface area contributed by atoms with E-state index in [1.807, 2.05) is 44.2 Å². The number of aromatic nitrogens is 1. The molecule has 1 aromatic heterocycles. The number of thiazole rings is 1. The van der Waals surface area contributed by atoms with Gasteiger partial charge in [0, 0.05) is 18.7 Å². The van der Waals surface area contributed by atoms with Crippen molar-refractivity contribution in [2.75, 3.05) is 13.7 Å². The number of aryl methyl sites for hydroxylation is 1. The van der Waals surface area contributed by atoms with E-state index in [-0.39, 0.29) is 11.9 Å². The van der Waals surface area contributed by atoms with Crippen molar-refractivity contribution in [3.05, 3.63) is 40.2 Å². The summed E-state index contributed by atoms with van der Waals surface area (Å²) in [5, 5.41) is 4.16. The van der Waals surface area contributed by atoms with Crippen molar-refractivity contribution in [1.82, 2.24) is 21.2 Å². The summed E-state index contributed by atoms with van der Waals surface area (Å²) >= 11 is 6.48. The highest BCUT2D eigenvalue weighted by Gasteiger charge is 2.18. The number of rotatable bonds is 5. The molecule has 0 fully saturated rings. The Morgan fingerprint density at radius 3 is 2.71 bits per heavy atom. The topological polar surface area (TPSA) is 75.3 Å². The van der Waals surface area contributed by atoms with Crippen LogP contribution < -0.4 is 16.2 Å². The van der Waals surface area contributed by atoms with Crippen molar-refractivity contribution in [2.24, 2.45) is 0 Å². The Bertz CT molecular complexity index is 703. The summed E-state index contributed by atoms with van der Waals surface area (Å²) in [5.41, 5.74) is 6.88. The molecule has 2 rings (SSSR count). The average molecular weight is 364 g/mol. The molecule has 0 aliphatic rings. The minimum atomic E-state index is -0.275. The third kappa shape index (κ3) is 4.98. The molecule has 2 aromatic rings. The maximum atomic E-state index is 12.5. The van der Waals surface area contributed by atoms with Gasteiger partial charge in [-0.1, -0.05) is 30.3 Å². The molecule has 0 aliphatic heterocycles. The van der Waals surface area contributed by atoms with E-state index in [4.69, 9.17) is 17.0 Å². The highest BCUT2D eigenvalue weighted by atomic mass is 32.1. The maximum absolute atomic E-state index is 12.5. The van der Waals surface area contributed by atoms with Crippen LogP contribution in [0.15, 0.2) is 30.3 Å². The molecule has 1 aromatic carbocycles. The van der Waals surface area contributed by atoms with Gasteiger partial charge in [0.25, 0.3) is 5.91 Å². The number of thiocarbonyl (C=S) groups is 1. The largest absolute Gasteiger partial charge is 0.383 e. The number of hydrazine groups is 1. The van der Waals surface area contributed by atoms with Gasteiger partial charge in [-0.15, -0.1) is 11.3 Å². The van der Waals surface area contributed by atoms with Crippen LogP contribution in [0, 0.1) is 6.92 Å². The van der Waals surface area contributed by atoms with Gasteiger partial charge in [-0.2, -0.15) is 0 Å². The minimum absolute atomic E-state index is 0.0393. The van der Waals surface area contributed by atoms with Crippen molar-refractivity contribution in [3.8, 4) is 11.3 Å². The van der Waals surface area contributed by atoms with E-state index in [0.717, 1.165) is 10.6 Å². The Morgan fingerprint density at radius 2 is 2.04 bits per heavy atom. The molecular weight excluding hydrogens is 344 g/mol. The van der Waals surface area contributed by atoms with E-state index in [0.29, 0.717) is 22.3 Å². The van der Waals surface area contributed by atoms with Crippen molar-refractivity contribution < 1.29 is 9.53 Å². The molecule has 0 spiro atoms. The number of amides is 1. The average Bonchev–Trinajstić information content (AvgIpc) is 2.95. The fourth-order valence-electron chi connectivity index (χ4n) is 2.09. The Balaban J connectivity index is 2.02. The highest BCUT2D eigenvalue weighted by Crippen LogP contribution is 2.27. The lowest BCUT2D eigenvalue weighted by molar-refractivity contribution is 0.0948. The summed E-state index contributed by atoms with van der Waals surface area (Å²) in [6.07, 6.45) is 0. The second-order valence-electron chi connectivity index (χ2n) is 5.19. The number of ether oxygens (including phenoxy) is 1. The number of carbonyl (C=O) groups excluding carboxylic acids is 1. The summed E-state index contributed by atoms with van der Waals surface area (Å²) in [5.74, 6) is -0.275. The Hall–Kier alpha value is -2.03. The number of carbonyl (C=O) groups is 1. The smallest absolute Gasteiger partial charge is 0.282 e. The number of benzene rings is 1. The standard InChI is InChI=1S/C16H20N4O2S2/c1-10(9-22-3)17-16(23)20-19-15(21)14-13(18-11(2)24-14)12-7-5-4-6-8-12/h4-8,10H,9H2,1-3H3,(H,19,21)(H2,17,20,23)/t10-/m1/s1. The molecule has 0 unspecified atom stereocenters. The van der Waals surface area contributed by atoms with Gasteiger partial charge in [0.15, 0.2) is 5.11 Å². The predicted octanol–water partition coefficient (Wildman–Crippen LogP) is 2.26. The fourth-order valence-corrected chi connectivity index (χ4v) is 3.18. The van der Waals surface area contributed by atoms with Crippen LogP contribution in [0.2, 0.25) is 0 Å². The summed E-state index contributed by atoms with van der Waals surface area (Å²) in [4.78, 5) is 17.5. The lowest BCUT2D eigenvalue weighted by Gasteiger charge is -2.16. The molecule has 6 nitrogen and oxygen atoms in total. The van der Waals surface area contributed by atoms with Gasteiger partial charge in [0.05, 0.1) is 17.3 Å². The number of hydrogen-bond donors (Lipinski definition) is 3. The van der Waals surface area contributed by atoms with Crippen LogP contribution in [0.1, 0.15) is 21.6 Å². The summed E-state index contributed by atoms with van der Waals surface area (Å²) < 4.78 is 5.02. The van der Waals surface area contributed by atoms with E-state index < -0.39 is 0 Å². The molecule has 8 heteroatoms. The molecule has 0 radical (unpaired) electrons. The Kier molecular flexibility index (Phi) is 6.65. The van der Waals surface area contributed by atoms with Crippen LogP contribution in [0.3, 0.4) is 0 Å². The predicted molar refractivity (Wildman–Crippen MR) is 100.0 cm³/mol. The van der Waals surface area contributed by atoms with Gasteiger partial charge in [-0.05, 0) is 26.1 Å². The van der Waals surface area contributed by atoms with Gasteiger partial charge in [-0.25, -0.2) is 4.98 Å². The van der Waals surface area contributed by atoms with Gasteiger partial charge < -0.3 is 10.1 Å². The first-order valence-electron chi connectivity index (χ1n) is 7.40. The van der Waals surface area contributed by atoms with E-state index in [1.54, 1.807) is 7.11 Å². The van der Waals surface area contributed by atoms with Gasteiger partial charge >= 0.3 is 0 Å². The second kappa shape index (κ2) is 8.72. The molecule has 0 aliphatic carbocycles. The first-order chi connectivity index (χ1) is 11.5. The van der Waals surface area contributed by atoms with Crippen LogP contribution in [-0.4, -0.2) is 35.8 Å². The highest BCUT2D eigenvalue weighted by molar-refractivity contribution is 7.80. The molecule has 1 amide bonds. The third-order valence-corrected chi connectivity index (χ3v) is 4.26. The van der Waals surface area contributed by atoms with Crippen LogP contribution in [0.5, 0.6) is 0 Å². The number of nitrogens with one attached hydrogen (secondary N) is 3. The first-order valence-corrected chi connectivity index (χ1v) is 8.62. The molecule has 1 atom stereocenters. The molecule has 0 saturated carbocycles. The van der Waals surface area contributed by atoms with E-state index in [2.05, 4.69) is 21.2 Å². The van der Waals surface area contributed by atoms with Crippen LogP contribution >= 0.6 is 23.6 Å². The minimum Gasteiger partial charge on any atom is -0.383 e. The van der Waals surface area contributed by atoms with Gasteiger partial charge in [0.1, 0.15) is 4.88 Å². The zero-order valence-corrected chi connectivity index (χ0v) is 15.4. The SMILES string of the molecule is COC[C@@H](C)NC(=S)NNC(=O)c1sc(C)nc1-c1ccccc1. The van der Waals surface area contributed by atoms with E-state index >= 15 is 0 Å². The van der Waals surface area contributed by atoms with Crippen LogP contribution in [0.4, 0.5) is 0 Å². The summed E-state index contributed by atoms with van der Waals surface area (Å²) in [7, 11) is 1.62. The number of hydrogen-bond acceptors (Lipinski definition) is 5.